The predicted octanol–water partition coefficient (Wildman–Crippen LogP) is 2.37. The van der Waals surface area contributed by atoms with Crippen LogP contribution in [-0.4, -0.2) is 11.1 Å². The van der Waals surface area contributed by atoms with Crippen molar-refractivity contribution in [2.75, 3.05) is 0 Å². The molecule has 0 fully saturated rings. The van der Waals surface area contributed by atoms with E-state index in [0.717, 1.165) is 18.4 Å². The Balaban J connectivity index is 2.71. The second-order valence-corrected chi connectivity index (χ2v) is 3.31. The van der Waals surface area contributed by atoms with Gasteiger partial charge in [-0.05, 0) is 26.7 Å². The van der Waals surface area contributed by atoms with E-state index in [1.54, 1.807) is 6.92 Å². The van der Waals surface area contributed by atoms with Crippen LogP contribution in [0.25, 0.3) is 0 Å². The maximum absolute atomic E-state index is 10.6. The third kappa shape index (κ3) is 1.97. The van der Waals surface area contributed by atoms with Gasteiger partial charge in [0.25, 0.3) is 0 Å². The molecule has 0 saturated carbocycles. The van der Waals surface area contributed by atoms with Crippen molar-refractivity contribution in [1.82, 2.24) is 0 Å². The van der Waals surface area contributed by atoms with E-state index in [1.165, 1.54) is 5.57 Å². The second kappa shape index (κ2) is 3.57. The van der Waals surface area contributed by atoms with Crippen LogP contribution < -0.4 is 0 Å². The standard InChI is InChI=1S/C10H14O2/c1-7-3-5-9(6-4-7)8(2)10(11)12/h3,5,8H,4,6H2,1-2H3,(H,11,12). The van der Waals surface area contributed by atoms with Crippen LogP contribution in [0.15, 0.2) is 23.3 Å². The van der Waals surface area contributed by atoms with Crippen molar-refractivity contribution < 1.29 is 9.90 Å². The van der Waals surface area contributed by atoms with Gasteiger partial charge in [-0.25, -0.2) is 0 Å². The van der Waals surface area contributed by atoms with Crippen LogP contribution in [0.3, 0.4) is 0 Å². The highest BCUT2D eigenvalue weighted by Gasteiger charge is 2.17. The van der Waals surface area contributed by atoms with Crippen molar-refractivity contribution in [3.63, 3.8) is 0 Å². The van der Waals surface area contributed by atoms with E-state index in [2.05, 4.69) is 6.92 Å². The number of hydrogen-bond acceptors (Lipinski definition) is 1. The van der Waals surface area contributed by atoms with E-state index >= 15 is 0 Å². The summed E-state index contributed by atoms with van der Waals surface area (Å²) in [5.74, 6) is -1.05. The monoisotopic (exact) mass is 166 g/mol. The van der Waals surface area contributed by atoms with E-state index in [1.807, 2.05) is 12.2 Å². The highest BCUT2D eigenvalue weighted by atomic mass is 16.4. The number of rotatable bonds is 2. The highest BCUT2D eigenvalue weighted by Crippen LogP contribution is 2.23. The Morgan fingerprint density at radius 1 is 1.50 bits per heavy atom. The van der Waals surface area contributed by atoms with E-state index < -0.39 is 5.97 Å². The Kier molecular flexibility index (Phi) is 2.69. The molecule has 0 spiro atoms. The fraction of sp³-hybridized carbons (Fsp3) is 0.500. The molecule has 0 heterocycles. The molecule has 0 aliphatic heterocycles. The first-order valence-electron chi connectivity index (χ1n) is 4.20. The van der Waals surface area contributed by atoms with Crippen molar-refractivity contribution in [2.45, 2.75) is 26.7 Å². The van der Waals surface area contributed by atoms with Crippen molar-refractivity contribution in [3.05, 3.63) is 23.3 Å². The SMILES string of the molecule is CC1=CC=C(C(C)C(=O)O)CC1. The van der Waals surface area contributed by atoms with Crippen LogP contribution in [-0.2, 0) is 4.79 Å². The number of carboxylic acids is 1. The first kappa shape index (κ1) is 9.04. The number of aliphatic carboxylic acids is 1. The summed E-state index contributed by atoms with van der Waals surface area (Å²) in [6.45, 7) is 3.81. The molecule has 1 atom stereocenters. The zero-order valence-corrected chi connectivity index (χ0v) is 7.50. The lowest BCUT2D eigenvalue weighted by atomic mass is 9.91. The van der Waals surface area contributed by atoms with Crippen molar-refractivity contribution in [2.24, 2.45) is 5.92 Å². The molecule has 0 amide bonds. The van der Waals surface area contributed by atoms with Crippen LogP contribution in [0, 0.1) is 5.92 Å². The van der Waals surface area contributed by atoms with Crippen molar-refractivity contribution in [3.8, 4) is 0 Å². The van der Waals surface area contributed by atoms with Gasteiger partial charge >= 0.3 is 5.97 Å². The Morgan fingerprint density at radius 3 is 2.58 bits per heavy atom. The third-order valence-electron chi connectivity index (χ3n) is 2.32. The summed E-state index contributed by atoms with van der Waals surface area (Å²) in [5.41, 5.74) is 2.37. The molecule has 1 aliphatic carbocycles. The van der Waals surface area contributed by atoms with Crippen LogP contribution in [0.4, 0.5) is 0 Å². The number of carbonyl (C=O) groups is 1. The molecule has 2 heteroatoms. The molecule has 0 aromatic carbocycles. The second-order valence-electron chi connectivity index (χ2n) is 3.31. The summed E-state index contributed by atoms with van der Waals surface area (Å²) < 4.78 is 0. The Hall–Kier alpha value is -1.05. The summed E-state index contributed by atoms with van der Waals surface area (Å²) in [4.78, 5) is 10.6. The van der Waals surface area contributed by atoms with Crippen LogP contribution in [0.1, 0.15) is 26.7 Å². The number of carboxylic acid groups (broad SMARTS) is 1. The van der Waals surface area contributed by atoms with Gasteiger partial charge in [0.1, 0.15) is 0 Å². The largest absolute Gasteiger partial charge is 0.481 e. The maximum Gasteiger partial charge on any atom is 0.310 e. The minimum Gasteiger partial charge on any atom is -0.481 e. The molecular formula is C10H14O2. The fourth-order valence-corrected chi connectivity index (χ4v) is 1.28. The Morgan fingerprint density at radius 2 is 2.17 bits per heavy atom. The van der Waals surface area contributed by atoms with Crippen LogP contribution >= 0.6 is 0 Å². The molecule has 1 N–H and O–H groups in total. The van der Waals surface area contributed by atoms with Gasteiger partial charge in [0, 0.05) is 0 Å². The topological polar surface area (TPSA) is 37.3 Å². The number of hydrogen-bond donors (Lipinski definition) is 1. The van der Waals surface area contributed by atoms with Gasteiger partial charge in [0.2, 0.25) is 0 Å². The van der Waals surface area contributed by atoms with Gasteiger partial charge in [-0.15, -0.1) is 0 Å². The average Bonchev–Trinajstić information content (AvgIpc) is 2.04. The van der Waals surface area contributed by atoms with Gasteiger partial charge in [0.15, 0.2) is 0 Å². The lowest BCUT2D eigenvalue weighted by Crippen LogP contribution is -2.13. The summed E-state index contributed by atoms with van der Waals surface area (Å²) in [5, 5.41) is 8.74. The first-order valence-corrected chi connectivity index (χ1v) is 4.20. The molecule has 0 bridgehead atoms. The smallest absolute Gasteiger partial charge is 0.310 e. The minimum absolute atomic E-state index is 0.325. The molecule has 1 unspecified atom stereocenters. The Bertz CT molecular complexity index is 249. The lowest BCUT2D eigenvalue weighted by Gasteiger charge is -2.15. The zero-order valence-electron chi connectivity index (χ0n) is 7.50. The van der Waals surface area contributed by atoms with E-state index in [4.69, 9.17) is 5.11 Å². The predicted molar refractivity (Wildman–Crippen MR) is 47.9 cm³/mol. The van der Waals surface area contributed by atoms with Gasteiger partial charge < -0.3 is 5.11 Å². The molecule has 1 aliphatic rings. The quantitative estimate of drug-likeness (QED) is 0.683. The van der Waals surface area contributed by atoms with E-state index in [0.29, 0.717) is 0 Å². The number of allylic oxidation sites excluding steroid dienone is 3. The van der Waals surface area contributed by atoms with Gasteiger partial charge in [-0.3, -0.25) is 4.79 Å². The molecule has 0 aromatic heterocycles. The first-order chi connectivity index (χ1) is 5.61. The van der Waals surface area contributed by atoms with E-state index in [9.17, 15) is 4.79 Å². The van der Waals surface area contributed by atoms with E-state index in [-0.39, 0.29) is 5.92 Å². The third-order valence-corrected chi connectivity index (χ3v) is 2.32. The van der Waals surface area contributed by atoms with Gasteiger partial charge in [-0.2, -0.15) is 0 Å². The minimum atomic E-state index is -0.728. The van der Waals surface area contributed by atoms with Crippen molar-refractivity contribution in [1.29, 1.82) is 0 Å². The summed E-state index contributed by atoms with van der Waals surface area (Å²) in [6.07, 6.45) is 5.86. The summed E-state index contributed by atoms with van der Waals surface area (Å²) >= 11 is 0. The maximum atomic E-state index is 10.6. The lowest BCUT2D eigenvalue weighted by molar-refractivity contribution is -0.139. The Labute approximate surface area is 72.6 Å². The normalized spacial score (nSPS) is 19.5. The molecule has 1 rings (SSSR count). The van der Waals surface area contributed by atoms with Crippen LogP contribution in [0.5, 0.6) is 0 Å². The molecule has 12 heavy (non-hydrogen) atoms. The average molecular weight is 166 g/mol. The van der Waals surface area contributed by atoms with Crippen molar-refractivity contribution >= 4 is 5.97 Å². The van der Waals surface area contributed by atoms with Crippen LogP contribution in [0.2, 0.25) is 0 Å². The summed E-state index contributed by atoms with van der Waals surface area (Å²) in [6, 6.07) is 0. The fourth-order valence-electron chi connectivity index (χ4n) is 1.28. The molecule has 0 radical (unpaired) electrons. The van der Waals surface area contributed by atoms with Gasteiger partial charge in [-0.1, -0.05) is 23.3 Å². The van der Waals surface area contributed by atoms with Gasteiger partial charge in [0.05, 0.1) is 5.92 Å². The molecule has 66 valence electrons. The molecule has 2 nitrogen and oxygen atoms in total. The summed E-state index contributed by atoms with van der Waals surface area (Å²) in [7, 11) is 0. The molecule has 0 aromatic rings. The zero-order chi connectivity index (χ0) is 9.14. The molecule has 0 saturated heterocycles. The highest BCUT2D eigenvalue weighted by molar-refractivity contribution is 5.73. The molecular weight excluding hydrogens is 152 g/mol.